The summed E-state index contributed by atoms with van der Waals surface area (Å²) in [5, 5.41) is 13.1. The molecule has 4 nitrogen and oxygen atoms in total. The fourth-order valence-electron chi connectivity index (χ4n) is 4.44. The summed E-state index contributed by atoms with van der Waals surface area (Å²) in [4.78, 5) is 0. The van der Waals surface area contributed by atoms with E-state index in [1.165, 1.54) is 21.5 Å². The number of nitrogens with zero attached hydrogens (tertiary/aromatic N) is 2. The lowest BCUT2D eigenvalue weighted by atomic mass is 9.97. The van der Waals surface area contributed by atoms with Crippen molar-refractivity contribution in [3.8, 4) is 11.5 Å². The molecule has 0 bridgehead atoms. The number of rotatable bonds is 2. The van der Waals surface area contributed by atoms with Crippen molar-refractivity contribution in [1.29, 1.82) is 0 Å². The molecule has 0 amide bonds. The Hall–Kier alpha value is -3.79. The second kappa shape index (κ2) is 5.85. The van der Waals surface area contributed by atoms with Crippen LogP contribution in [0.3, 0.4) is 0 Å². The molecule has 29 heavy (non-hydrogen) atoms. The number of benzene rings is 4. The van der Waals surface area contributed by atoms with Crippen molar-refractivity contribution < 1.29 is 9.47 Å². The van der Waals surface area contributed by atoms with Gasteiger partial charge in [0.1, 0.15) is 0 Å². The van der Waals surface area contributed by atoms with Crippen LogP contribution >= 0.6 is 0 Å². The molecule has 0 unspecified atom stereocenters. The zero-order valence-electron chi connectivity index (χ0n) is 16.1. The minimum atomic E-state index is 0.715. The lowest BCUT2D eigenvalue weighted by molar-refractivity contribution is 0.356. The molecule has 0 fully saturated rings. The van der Waals surface area contributed by atoms with Crippen molar-refractivity contribution in [1.82, 2.24) is 9.61 Å². The quantitative estimate of drug-likeness (QED) is 0.349. The van der Waals surface area contributed by atoms with Gasteiger partial charge in [0.25, 0.3) is 0 Å². The molecule has 0 saturated heterocycles. The molecule has 2 aromatic heterocycles. The minimum absolute atomic E-state index is 0.715. The van der Waals surface area contributed by atoms with Gasteiger partial charge in [-0.1, -0.05) is 42.5 Å². The summed E-state index contributed by atoms with van der Waals surface area (Å²) in [6.45, 7) is 0. The highest BCUT2D eigenvalue weighted by atomic mass is 16.5. The van der Waals surface area contributed by atoms with Crippen LogP contribution in [0.5, 0.6) is 11.5 Å². The van der Waals surface area contributed by atoms with Crippen LogP contribution in [0, 0.1) is 0 Å². The third-order valence-corrected chi connectivity index (χ3v) is 5.78. The highest BCUT2D eigenvalue weighted by Crippen LogP contribution is 2.39. The Balaban J connectivity index is 1.91. The summed E-state index contributed by atoms with van der Waals surface area (Å²) >= 11 is 0. The minimum Gasteiger partial charge on any atom is -0.493 e. The third-order valence-electron chi connectivity index (χ3n) is 5.78. The summed E-state index contributed by atoms with van der Waals surface area (Å²) in [5.41, 5.74) is 2.07. The molecule has 6 rings (SSSR count). The lowest BCUT2D eigenvalue weighted by Crippen LogP contribution is -1.92. The van der Waals surface area contributed by atoms with Gasteiger partial charge in [-0.15, -0.1) is 0 Å². The molecule has 140 valence electrons. The molecule has 0 radical (unpaired) electrons. The van der Waals surface area contributed by atoms with Crippen LogP contribution in [0.1, 0.15) is 0 Å². The lowest BCUT2D eigenvalue weighted by Gasteiger charge is -2.11. The fourth-order valence-corrected chi connectivity index (χ4v) is 4.44. The van der Waals surface area contributed by atoms with E-state index in [1.54, 1.807) is 14.2 Å². The van der Waals surface area contributed by atoms with Gasteiger partial charge < -0.3 is 9.47 Å². The van der Waals surface area contributed by atoms with Crippen LogP contribution in [-0.2, 0) is 0 Å². The van der Waals surface area contributed by atoms with Crippen molar-refractivity contribution >= 4 is 48.7 Å². The first-order chi connectivity index (χ1) is 14.3. The Kier molecular flexibility index (Phi) is 3.27. The average molecular weight is 378 g/mol. The van der Waals surface area contributed by atoms with Gasteiger partial charge >= 0.3 is 0 Å². The molecule has 2 heterocycles. The fraction of sp³-hybridized carbons (Fsp3) is 0.0800. The molecule has 0 N–H and O–H groups in total. The molecule has 6 aromatic rings. The van der Waals surface area contributed by atoms with Gasteiger partial charge in [0.2, 0.25) is 0 Å². The van der Waals surface area contributed by atoms with Crippen LogP contribution in [-0.4, -0.2) is 23.8 Å². The first-order valence-corrected chi connectivity index (χ1v) is 9.56. The van der Waals surface area contributed by atoms with E-state index >= 15 is 0 Å². The summed E-state index contributed by atoms with van der Waals surface area (Å²) in [5.74, 6) is 1.44. The summed E-state index contributed by atoms with van der Waals surface area (Å²) in [6.07, 6.45) is 2.01. The Bertz CT molecular complexity index is 1580. The largest absolute Gasteiger partial charge is 0.493 e. The van der Waals surface area contributed by atoms with Gasteiger partial charge in [-0.2, -0.15) is 5.10 Å². The SMILES string of the molecule is COc1cc2ccn3nc4ccc5ccc6ccccc6c5c4c3c2cc1OC. The maximum atomic E-state index is 5.58. The second-order valence-electron chi connectivity index (χ2n) is 7.25. The number of hydrogen-bond acceptors (Lipinski definition) is 3. The van der Waals surface area contributed by atoms with Crippen LogP contribution in [0.15, 0.2) is 72.9 Å². The first kappa shape index (κ1) is 16.2. The van der Waals surface area contributed by atoms with E-state index < -0.39 is 0 Å². The van der Waals surface area contributed by atoms with Gasteiger partial charge in [-0.3, -0.25) is 0 Å². The molecule has 0 atom stereocenters. The van der Waals surface area contributed by atoms with Crippen molar-refractivity contribution in [2.24, 2.45) is 0 Å². The van der Waals surface area contributed by atoms with Gasteiger partial charge in [-0.25, -0.2) is 4.52 Å². The Morgan fingerprint density at radius 1 is 0.690 bits per heavy atom. The highest BCUT2D eigenvalue weighted by Gasteiger charge is 2.16. The first-order valence-electron chi connectivity index (χ1n) is 9.56. The van der Waals surface area contributed by atoms with E-state index in [9.17, 15) is 0 Å². The average Bonchev–Trinajstić information content (AvgIpc) is 3.17. The molecule has 4 heteroatoms. The predicted molar refractivity (Wildman–Crippen MR) is 118 cm³/mol. The zero-order chi connectivity index (χ0) is 19.5. The molecule has 0 aliphatic heterocycles. The number of methoxy groups -OCH3 is 2. The van der Waals surface area contributed by atoms with Gasteiger partial charge in [-0.05, 0) is 45.8 Å². The Labute approximate surface area is 166 Å². The van der Waals surface area contributed by atoms with Crippen LogP contribution in [0.2, 0.25) is 0 Å². The van der Waals surface area contributed by atoms with Crippen LogP contribution in [0.25, 0.3) is 48.7 Å². The molecule has 0 aliphatic rings. The van der Waals surface area contributed by atoms with Crippen molar-refractivity contribution in [3.05, 3.63) is 72.9 Å². The molecular weight excluding hydrogens is 360 g/mol. The molecule has 0 saturated carbocycles. The van der Waals surface area contributed by atoms with Crippen LogP contribution < -0.4 is 9.47 Å². The number of ether oxygens (including phenoxy) is 2. The van der Waals surface area contributed by atoms with E-state index in [4.69, 9.17) is 14.6 Å². The van der Waals surface area contributed by atoms with Gasteiger partial charge in [0, 0.05) is 22.4 Å². The van der Waals surface area contributed by atoms with Crippen molar-refractivity contribution in [3.63, 3.8) is 0 Å². The molecule has 4 aromatic carbocycles. The van der Waals surface area contributed by atoms with Crippen molar-refractivity contribution in [2.75, 3.05) is 14.2 Å². The van der Waals surface area contributed by atoms with E-state index in [2.05, 4.69) is 60.7 Å². The number of fused-ring (bicyclic) bond motifs is 9. The zero-order valence-corrected chi connectivity index (χ0v) is 16.1. The Morgan fingerprint density at radius 3 is 2.31 bits per heavy atom. The van der Waals surface area contributed by atoms with Crippen molar-refractivity contribution in [2.45, 2.75) is 0 Å². The predicted octanol–water partition coefficient (Wildman–Crippen LogP) is 5.96. The highest BCUT2D eigenvalue weighted by molar-refractivity contribution is 6.27. The van der Waals surface area contributed by atoms with E-state index in [0.29, 0.717) is 5.75 Å². The number of hydrogen-bond donors (Lipinski definition) is 0. The maximum absolute atomic E-state index is 5.58. The second-order valence-corrected chi connectivity index (χ2v) is 7.25. The van der Waals surface area contributed by atoms with E-state index in [-0.39, 0.29) is 0 Å². The molecule has 0 aliphatic carbocycles. The van der Waals surface area contributed by atoms with Gasteiger partial charge in [0.05, 0.1) is 25.3 Å². The summed E-state index contributed by atoms with van der Waals surface area (Å²) in [7, 11) is 3.33. The normalized spacial score (nSPS) is 11.8. The third kappa shape index (κ3) is 2.17. The van der Waals surface area contributed by atoms with Gasteiger partial charge in [0.15, 0.2) is 11.5 Å². The Morgan fingerprint density at radius 2 is 1.45 bits per heavy atom. The summed E-state index contributed by atoms with van der Waals surface area (Å²) in [6, 6.07) is 23.3. The van der Waals surface area contributed by atoms with E-state index in [1.807, 2.05) is 16.8 Å². The number of pyridine rings is 1. The van der Waals surface area contributed by atoms with Crippen LogP contribution in [0.4, 0.5) is 0 Å². The monoisotopic (exact) mass is 378 g/mol. The maximum Gasteiger partial charge on any atom is 0.161 e. The number of aromatic nitrogens is 2. The summed E-state index contributed by atoms with van der Waals surface area (Å²) < 4.78 is 13.1. The smallest absolute Gasteiger partial charge is 0.161 e. The standard InChI is InChI=1S/C25H18N2O2/c1-28-21-13-17-11-12-27-25(19(17)14-22(21)29-2)24-20(26-27)10-9-16-8-7-15-5-3-4-6-18(15)23(16)24/h3-14H,1-2H3. The topological polar surface area (TPSA) is 35.8 Å². The van der Waals surface area contributed by atoms with E-state index in [0.717, 1.165) is 32.9 Å². The molecular formula is C25H18N2O2. The molecule has 0 spiro atoms.